The molecule has 0 aliphatic heterocycles. The topological polar surface area (TPSA) is 67.4 Å². The second-order valence-corrected chi connectivity index (χ2v) is 5.39. The Hall–Kier alpha value is -2.82. The summed E-state index contributed by atoms with van der Waals surface area (Å²) in [5.74, 6) is 0.257. The van der Waals surface area contributed by atoms with Gasteiger partial charge < -0.3 is 15.4 Å². The van der Waals surface area contributed by atoms with Gasteiger partial charge in [0.2, 0.25) is 11.8 Å². The van der Waals surface area contributed by atoms with E-state index in [1.54, 1.807) is 7.11 Å². The predicted octanol–water partition coefficient (Wildman–Crippen LogP) is 2.06. The molecule has 2 rings (SSSR count). The average molecular weight is 326 g/mol. The highest BCUT2D eigenvalue weighted by molar-refractivity contribution is 5.96. The van der Waals surface area contributed by atoms with Crippen molar-refractivity contribution in [1.82, 2.24) is 10.6 Å². The van der Waals surface area contributed by atoms with Crippen molar-refractivity contribution < 1.29 is 14.3 Å². The van der Waals surface area contributed by atoms with Crippen molar-refractivity contribution in [3.05, 3.63) is 65.7 Å². The minimum absolute atomic E-state index is 0.157. The summed E-state index contributed by atoms with van der Waals surface area (Å²) in [5.41, 5.74) is 2.11. The summed E-state index contributed by atoms with van der Waals surface area (Å²) in [6, 6.07) is 17.3. The molecular formula is C19H22N2O3. The van der Waals surface area contributed by atoms with Gasteiger partial charge in [-0.3, -0.25) is 9.59 Å². The molecule has 0 bridgehead atoms. The first kappa shape index (κ1) is 17.5. The van der Waals surface area contributed by atoms with Crippen molar-refractivity contribution in [1.29, 1.82) is 0 Å². The van der Waals surface area contributed by atoms with Crippen LogP contribution in [0.3, 0.4) is 0 Å². The highest BCUT2D eigenvalue weighted by atomic mass is 16.5. The standard InChI is InChI=1S/C19H22N2O3/c1-24-17-9-7-15(8-10-17)11-12-20-18(22)13-19(23)21-14-16-5-3-2-4-6-16/h2-10H,11-14H2,1H3,(H,20,22)(H,21,23). The Bertz CT molecular complexity index is 654. The van der Waals surface area contributed by atoms with Gasteiger partial charge in [0.25, 0.3) is 0 Å². The molecule has 0 saturated heterocycles. The summed E-state index contributed by atoms with van der Waals surface area (Å²) in [6.45, 7) is 0.927. The van der Waals surface area contributed by atoms with E-state index in [2.05, 4.69) is 10.6 Å². The van der Waals surface area contributed by atoms with E-state index >= 15 is 0 Å². The highest BCUT2D eigenvalue weighted by Gasteiger charge is 2.08. The van der Waals surface area contributed by atoms with Gasteiger partial charge in [-0.15, -0.1) is 0 Å². The van der Waals surface area contributed by atoms with Crippen molar-refractivity contribution in [2.75, 3.05) is 13.7 Å². The minimum atomic E-state index is -0.277. The first-order valence-electron chi connectivity index (χ1n) is 7.87. The van der Waals surface area contributed by atoms with Gasteiger partial charge in [0.05, 0.1) is 7.11 Å². The minimum Gasteiger partial charge on any atom is -0.497 e. The number of nitrogens with one attached hydrogen (secondary N) is 2. The third-order valence-corrected chi connectivity index (χ3v) is 3.55. The molecule has 2 amide bonds. The molecule has 5 heteroatoms. The van der Waals surface area contributed by atoms with Crippen LogP contribution in [0, 0.1) is 0 Å². The van der Waals surface area contributed by atoms with Gasteiger partial charge in [-0.05, 0) is 29.7 Å². The molecule has 2 aromatic carbocycles. The van der Waals surface area contributed by atoms with Gasteiger partial charge >= 0.3 is 0 Å². The van der Waals surface area contributed by atoms with Crippen molar-refractivity contribution >= 4 is 11.8 Å². The van der Waals surface area contributed by atoms with Crippen molar-refractivity contribution in [3.63, 3.8) is 0 Å². The predicted molar refractivity (Wildman–Crippen MR) is 92.6 cm³/mol. The van der Waals surface area contributed by atoms with Gasteiger partial charge in [-0.25, -0.2) is 0 Å². The summed E-state index contributed by atoms with van der Waals surface area (Å²) in [5, 5.41) is 5.49. The Labute approximate surface area is 142 Å². The van der Waals surface area contributed by atoms with E-state index in [1.807, 2.05) is 54.6 Å². The number of hydrogen-bond acceptors (Lipinski definition) is 3. The van der Waals surface area contributed by atoms with Crippen LogP contribution in [-0.4, -0.2) is 25.5 Å². The molecule has 5 nitrogen and oxygen atoms in total. The SMILES string of the molecule is COc1ccc(CCNC(=O)CC(=O)NCc2ccccc2)cc1. The van der Waals surface area contributed by atoms with Gasteiger partial charge in [0.1, 0.15) is 12.2 Å². The second-order valence-electron chi connectivity index (χ2n) is 5.39. The van der Waals surface area contributed by atoms with E-state index in [9.17, 15) is 9.59 Å². The van der Waals surface area contributed by atoms with Crippen molar-refractivity contribution in [2.24, 2.45) is 0 Å². The van der Waals surface area contributed by atoms with Crippen molar-refractivity contribution in [2.45, 2.75) is 19.4 Å². The van der Waals surface area contributed by atoms with Gasteiger partial charge in [-0.1, -0.05) is 42.5 Å². The Balaban J connectivity index is 1.64. The highest BCUT2D eigenvalue weighted by Crippen LogP contribution is 2.11. The van der Waals surface area contributed by atoms with E-state index in [-0.39, 0.29) is 18.2 Å². The van der Waals surface area contributed by atoms with E-state index < -0.39 is 0 Å². The monoisotopic (exact) mass is 326 g/mol. The number of benzene rings is 2. The molecule has 0 unspecified atom stereocenters. The second kappa shape index (κ2) is 9.35. The Morgan fingerprint density at radius 2 is 1.54 bits per heavy atom. The van der Waals surface area contributed by atoms with Crippen LogP contribution in [0.1, 0.15) is 17.5 Å². The maximum atomic E-state index is 11.8. The van der Waals surface area contributed by atoms with E-state index in [4.69, 9.17) is 4.74 Å². The smallest absolute Gasteiger partial charge is 0.229 e. The Morgan fingerprint density at radius 1 is 0.875 bits per heavy atom. The Morgan fingerprint density at radius 3 is 2.21 bits per heavy atom. The van der Waals surface area contributed by atoms with Crippen LogP contribution < -0.4 is 15.4 Å². The fourth-order valence-electron chi connectivity index (χ4n) is 2.21. The summed E-state index contributed by atoms with van der Waals surface area (Å²) in [4.78, 5) is 23.5. The molecule has 0 aliphatic carbocycles. The molecule has 2 aromatic rings. The lowest BCUT2D eigenvalue weighted by Crippen LogP contribution is -2.32. The number of rotatable bonds is 8. The molecule has 0 heterocycles. The molecule has 0 aliphatic rings. The number of methoxy groups -OCH3 is 1. The lowest BCUT2D eigenvalue weighted by Gasteiger charge is -2.07. The first-order valence-corrected chi connectivity index (χ1v) is 7.87. The van der Waals surface area contributed by atoms with Crippen LogP contribution in [0.4, 0.5) is 0 Å². The van der Waals surface area contributed by atoms with E-state index in [0.717, 1.165) is 16.9 Å². The fraction of sp³-hybridized carbons (Fsp3) is 0.263. The Kier molecular flexibility index (Phi) is 6.83. The number of amides is 2. The molecule has 0 atom stereocenters. The summed E-state index contributed by atoms with van der Waals surface area (Å²) >= 11 is 0. The van der Waals surface area contributed by atoms with Crippen molar-refractivity contribution in [3.8, 4) is 5.75 Å². The summed E-state index contributed by atoms with van der Waals surface area (Å²) < 4.78 is 5.10. The molecule has 0 spiro atoms. The third kappa shape index (κ3) is 6.12. The van der Waals surface area contributed by atoms with Crippen LogP contribution in [0.5, 0.6) is 5.75 Å². The quantitative estimate of drug-likeness (QED) is 0.730. The van der Waals surface area contributed by atoms with Gasteiger partial charge in [0, 0.05) is 13.1 Å². The molecule has 0 aromatic heterocycles. The maximum absolute atomic E-state index is 11.8. The molecule has 0 fully saturated rings. The van der Waals surface area contributed by atoms with Crippen LogP contribution in [0.15, 0.2) is 54.6 Å². The summed E-state index contributed by atoms with van der Waals surface area (Å²) in [7, 11) is 1.62. The lowest BCUT2D eigenvalue weighted by molar-refractivity contribution is -0.129. The molecular weight excluding hydrogens is 304 g/mol. The van der Waals surface area contributed by atoms with Gasteiger partial charge in [0.15, 0.2) is 0 Å². The molecule has 2 N–H and O–H groups in total. The van der Waals surface area contributed by atoms with E-state index in [0.29, 0.717) is 19.5 Å². The molecule has 126 valence electrons. The zero-order chi connectivity index (χ0) is 17.2. The average Bonchev–Trinajstić information content (AvgIpc) is 2.61. The normalized spacial score (nSPS) is 10.0. The fourth-order valence-corrected chi connectivity index (χ4v) is 2.21. The number of ether oxygens (including phenoxy) is 1. The zero-order valence-corrected chi connectivity index (χ0v) is 13.7. The van der Waals surface area contributed by atoms with Crippen LogP contribution in [0.2, 0.25) is 0 Å². The third-order valence-electron chi connectivity index (χ3n) is 3.55. The van der Waals surface area contributed by atoms with Crippen LogP contribution in [0.25, 0.3) is 0 Å². The zero-order valence-electron chi connectivity index (χ0n) is 13.7. The first-order chi connectivity index (χ1) is 11.7. The number of carbonyl (C=O) groups excluding carboxylic acids is 2. The largest absolute Gasteiger partial charge is 0.497 e. The van der Waals surface area contributed by atoms with Crippen LogP contribution in [-0.2, 0) is 22.6 Å². The molecule has 0 radical (unpaired) electrons. The molecule has 0 saturated carbocycles. The van der Waals surface area contributed by atoms with E-state index in [1.165, 1.54) is 0 Å². The van der Waals surface area contributed by atoms with Gasteiger partial charge in [-0.2, -0.15) is 0 Å². The molecule has 24 heavy (non-hydrogen) atoms. The maximum Gasteiger partial charge on any atom is 0.229 e. The van der Waals surface area contributed by atoms with Crippen LogP contribution >= 0.6 is 0 Å². The number of carbonyl (C=O) groups is 2. The summed E-state index contributed by atoms with van der Waals surface area (Å²) in [6.07, 6.45) is 0.552. The number of hydrogen-bond donors (Lipinski definition) is 2. The lowest BCUT2D eigenvalue weighted by atomic mass is 10.1.